The molecule has 0 saturated heterocycles. The molecule has 20 heavy (non-hydrogen) atoms. The average molecular weight is 297 g/mol. The van der Waals surface area contributed by atoms with Gasteiger partial charge in [0.1, 0.15) is 5.82 Å². The molecule has 0 unspecified atom stereocenters. The first-order chi connectivity index (χ1) is 9.65. The van der Waals surface area contributed by atoms with E-state index >= 15 is 0 Å². The second kappa shape index (κ2) is 7.09. The largest absolute Gasteiger partial charge is 0.394 e. The van der Waals surface area contributed by atoms with Crippen molar-refractivity contribution in [3.05, 3.63) is 30.1 Å². The summed E-state index contributed by atoms with van der Waals surface area (Å²) < 4.78 is 13.4. The van der Waals surface area contributed by atoms with Gasteiger partial charge in [-0.25, -0.2) is 4.39 Å². The van der Waals surface area contributed by atoms with Crippen LogP contribution < -0.4 is 5.32 Å². The van der Waals surface area contributed by atoms with Crippen LogP contribution in [0.4, 0.5) is 4.39 Å². The topological polar surface area (TPSA) is 49.3 Å². The summed E-state index contributed by atoms with van der Waals surface area (Å²) >= 11 is 1.34. The predicted octanol–water partition coefficient (Wildman–Crippen LogP) is 2.73. The molecular weight excluding hydrogens is 277 g/mol. The molecule has 1 amide bonds. The lowest BCUT2D eigenvalue weighted by atomic mass is 9.99. The zero-order chi connectivity index (χ0) is 14.4. The fraction of sp³-hybridized carbons (Fsp3) is 0.533. The van der Waals surface area contributed by atoms with Crippen molar-refractivity contribution in [2.45, 2.75) is 42.5 Å². The highest BCUT2D eigenvalue weighted by Gasteiger charge is 2.34. The van der Waals surface area contributed by atoms with Gasteiger partial charge in [0.05, 0.1) is 12.1 Å². The quantitative estimate of drug-likeness (QED) is 0.794. The van der Waals surface area contributed by atoms with Crippen molar-refractivity contribution in [2.24, 2.45) is 0 Å². The van der Waals surface area contributed by atoms with E-state index in [1.165, 1.54) is 17.8 Å². The maximum Gasteiger partial charge on any atom is 0.221 e. The third kappa shape index (κ3) is 3.96. The lowest BCUT2D eigenvalue weighted by Crippen LogP contribution is -2.49. The van der Waals surface area contributed by atoms with Gasteiger partial charge in [-0.1, -0.05) is 25.0 Å². The van der Waals surface area contributed by atoms with E-state index in [1.54, 1.807) is 18.2 Å². The number of carbonyl (C=O) groups excluding carboxylic acids is 1. The first-order valence-corrected chi connectivity index (χ1v) is 7.93. The van der Waals surface area contributed by atoms with Crippen molar-refractivity contribution in [1.82, 2.24) is 5.32 Å². The monoisotopic (exact) mass is 297 g/mol. The van der Waals surface area contributed by atoms with E-state index in [0.717, 1.165) is 25.7 Å². The van der Waals surface area contributed by atoms with Crippen LogP contribution in [0, 0.1) is 5.82 Å². The van der Waals surface area contributed by atoms with Crippen LogP contribution >= 0.6 is 11.8 Å². The average Bonchev–Trinajstić information content (AvgIpc) is 2.90. The SMILES string of the molecule is O=C(CCSc1ccccc1F)NC1(CO)CCCC1. The Morgan fingerprint density at radius 3 is 2.70 bits per heavy atom. The summed E-state index contributed by atoms with van der Waals surface area (Å²) in [6.07, 6.45) is 4.11. The Labute approximate surface area is 123 Å². The molecule has 3 nitrogen and oxygen atoms in total. The molecule has 2 rings (SSSR count). The third-order valence-electron chi connectivity index (χ3n) is 3.69. The standard InChI is InChI=1S/C15H20FNO2S/c16-12-5-1-2-6-13(12)20-10-7-14(19)17-15(11-18)8-3-4-9-15/h1-2,5-6,18H,3-4,7-11H2,(H,17,19). The van der Waals surface area contributed by atoms with Crippen LogP contribution in [-0.2, 0) is 4.79 Å². The van der Waals surface area contributed by atoms with Crippen molar-refractivity contribution in [3.8, 4) is 0 Å². The Bertz CT molecular complexity index is 461. The molecule has 1 saturated carbocycles. The summed E-state index contributed by atoms with van der Waals surface area (Å²) in [4.78, 5) is 12.5. The molecule has 0 atom stereocenters. The van der Waals surface area contributed by atoms with Gasteiger partial charge in [0.25, 0.3) is 0 Å². The number of nitrogens with one attached hydrogen (secondary N) is 1. The molecule has 1 fully saturated rings. The minimum Gasteiger partial charge on any atom is -0.394 e. The Morgan fingerprint density at radius 1 is 1.35 bits per heavy atom. The zero-order valence-electron chi connectivity index (χ0n) is 11.4. The normalized spacial score (nSPS) is 17.1. The van der Waals surface area contributed by atoms with Crippen molar-refractivity contribution in [2.75, 3.05) is 12.4 Å². The first-order valence-electron chi connectivity index (χ1n) is 6.94. The number of thioether (sulfide) groups is 1. The highest BCUT2D eigenvalue weighted by Crippen LogP contribution is 2.29. The summed E-state index contributed by atoms with van der Waals surface area (Å²) in [6, 6.07) is 6.56. The van der Waals surface area contributed by atoms with Crippen LogP contribution in [0.5, 0.6) is 0 Å². The minimum absolute atomic E-state index is 0.000797. The molecule has 110 valence electrons. The lowest BCUT2D eigenvalue weighted by Gasteiger charge is -2.27. The molecule has 0 heterocycles. The number of amides is 1. The van der Waals surface area contributed by atoms with Gasteiger partial charge in [-0.3, -0.25) is 4.79 Å². The fourth-order valence-electron chi connectivity index (χ4n) is 2.55. The number of hydrogen-bond acceptors (Lipinski definition) is 3. The number of halogens is 1. The fourth-order valence-corrected chi connectivity index (χ4v) is 3.44. The van der Waals surface area contributed by atoms with Crippen LogP contribution in [0.2, 0.25) is 0 Å². The van der Waals surface area contributed by atoms with Crippen molar-refractivity contribution in [3.63, 3.8) is 0 Å². The molecular formula is C15H20FNO2S. The Morgan fingerprint density at radius 2 is 2.05 bits per heavy atom. The van der Waals surface area contributed by atoms with Gasteiger partial charge in [0.15, 0.2) is 0 Å². The second-order valence-corrected chi connectivity index (χ2v) is 6.36. The summed E-state index contributed by atoms with van der Waals surface area (Å²) in [5, 5.41) is 12.4. The van der Waals surface area contributed by atoms with Gasteiger partial charge >= 0.3 is 0 Å². The molecule has 1 aromatic carbocycles. The van der Waals surface area contributed by atoms with Gasteiger partial charge in [0.2, 0.25) is 5.91 Å². The second-order valence-electron chi connectivity index (χ2n) is 5.22. The van der Waals surface area contributed by atoms with Crippen LogP contribution in [-0.4, -0.2) is 28.9 Å². The van der Waals surface area contributed by atoms with Gasteiger partial charge < -0.3 is 10.4 Å². The van der Waals surface area contributed by atoms with Gasteiger partial charge in [-0.2, -0.15) is 0 Å². The molecule has 5 heteroatoms. The summed E-state index contributed by atoms with van der Waals surface area (Å²) in [5.41, 5.74) is -0.417. The molecule has 1 aliphatic carbocycles. The molecule has 0 spiro atoms. The maximum atomic E-state index is 13.4. The van der Waals surface area contributed by atoms with Crippen LogP contribution in [0.15, 0.2) is 29.2 Å². The van der Waals surface area contributed by atoms with Gasteiger partial charge in [-0.15, -0.1) is 11.8 Å². The lowest BCUT2D eigenvalue weighted by molar-refractivity contribution is -0.123. The van der Waals surface area contributed by atoms with E-state index in [4.69, 9.17) is 0 Å². The van der Waals surface area contributed by atoms with E-state index in [9.17, 15) is 14.3 Å². The molecule has 2 N–H and O–H groups in total. The molecule has 0 aliphatic heterocycles. The first kappa shape index (κ1) is 15.3. The Hall–Kier alpha value is -1.07. The van der Waals surface area contributed by atoms with E-state index < -0.39 is 5.54 Å². The van der Waals surface area contributed by atoms with Crippen molar-refractivity contribution < 1.29 is 14.3 Å². The molecule has 1 aromatic rings. The zero-order valence-corrected chi connectivity index (χ0v) is 12.2. The number of rotatable bonds is 6. The summed E-state index contributed by atoms with van der Waals surface area (Å²) in [5.74, 6) is 0.221. The van der Waals surface area contributed by atoms with Crippen LogP contribution in [0.3, 0.4) is 0 Å². The smallest absolute Gasteiger partial charge is 0.221 e. The number of carbonyl (C=O) groups is 1. The highest BCUT2D eigenvalue weighted by atomic mass is 32.2. The maximum absolute atomic E-state index is 13.4. The summed E-state index contributed by atoms with van der Waals surface area (Å²) in [6.45, 7) is -0.000797. The minimum atomic E-state index is -0.417. The van der Waals surface area contributed by atoms with Gasteiger partial charge in [0, 0.05) is 17.1 Å². The summed E-state index contributed by atoms with van der Waals surface area (Å²) in [7, 11) is 0. The number of aliphatic hydroxyl groups excluding tert-OH is 1. The molecule has 0 aromatic heterocycles. The van der Waals surface area contributed by atoms with Gasteiger partial charge in [-0.05, 0) is 25.0 Å². The Balaban J connectivity index is 1.77. The number of aliphatic hydroxyl groups is 1. The van der Waals surface area contributed by atoms with E-state index in [0.29, 0.717) is 17.1 Å². The predicted molar refractivity (Wildman–Crippen MR) is 78.2 cm³/mol. The molecule has 1 aliphatic rings. The van der Waals surface area contributed by atoms with Crippen LogP contribution in [0.1, 0.15) is 32.1 Å². The molecule has 0 radical (unpaired) electrons. The van der Waals surface area contributed by atoms with Crippen molar-refractivity contribution in [1.29, 1.82) is 0 Å². The number of hydrogen-bond donors (Lipinski definition) is 2. The van der Waals surface area contributed by atoms with E-state index in [1.807, 2.05) is 0 Å². The third-order valence-corrected chi connectivity index (χ3v) is 4.74. The Kier molecular flexibility index (Phi) is 5.43. The number of benzene rings is 1. The highest BCUT2D eigenvalue weighted by molar-refractivity contribution is 7.99. The van der Waals surface area contributed by atoms with Crippen LogP contribution in [0.25, 0.3) is 0 Å². The van der Waals surface area contributed by atoms with Crippen molar-refractivity contribution >= 4 is 17.7 Å². The van der Waals surface area contributed by atoms with E-state index in [-0.39, 0.29) is 18.3 Å². The molecule has 0 bridgehead atoms. The van der Waals surface area contributed by atoms with E-state index in [2.05, 4.69) is 5.32 Å².